The summed E-state index contributed by atoms with van der Waals surface area (Å²) in [5, 5.41) is 10.3. The first-order chi connectivity index (χ1) is 12.2. The number of amides is 1. The number of hydrogen-bond acceptors (Lipinski definition) is 6. The van der Waals surface area contributed by atoms with Gasteiger partial charge in [-0.15, -0.1) is 0 Å². The largest absolute Gasteiger partial charge is 0.497 e. The van der Waals surface area contributed by atoms with Crippen molar-refractivity contribution in [3.05, 3.63) is 34.7 Å². The normalized spacial score (nSPS) is 14.0. The number of ether oxygens (including phenoxy) is 2. The molecule has 1 fully saturated rings. The highest BCUT2D eigenvalue weighted by Gasteiger charge is 2.24. The highest BCUT2D eigenvalue weighted by Crippen LogP contribution is 2.28. The molecule has 25 heavy (non-hydrogen) atoms. The third-order valence-electron chi connectivity index (χ3n) is 4.11. The maximum atomic E-state index is 12.1. The lowest BCUT2D eigenvalue weighted by atomic mass is 9.93. The van der Waals surface area contributed by atoms with Crippen molar-refractivity contribution in [2.24, 2.45) is 0 Å². The molecule has 0 bridgehead atoms. The number of methoxy groups -OCH3 is 1. The van der Waals surface area contributed by atoms with E-state index in [4.69, 9.17) is 9.47 Å². The molecule has 1 N–H and O–H groups in total. The van der Waals surface area contributed by atoms with Gasteiger partial charge in [-0.25, -0.2) is 4.79 Å². The van der Waals surface area contributed by atoms with Gasteiger partial charge in [-0.2, -0.15) is 9.36 Å². The van der Waals surface area contributed by atoms with Crippen molar-refractivity contribution >= 4 is 5.91 Å². The van der Waals surface area contributed by atoms with E-state index in [-0.39, 0.29) is 24.2 Å². The van der Waals surface area contributed by atoms with Crippen LogP contribution in [0.3, 0.4) is 0 Å². The third-order valence-corrected chi connectivity index (χ3v) is 4.11. The number of carbonyl (C=O) groups excluding carboxylic acids is 1. The lowest BCUT2D eigenvalue weighted by Crippen LogP contribution is -2.37. The number of nitrogens with one attached hydrogen (secondary N) is 1. The minimum Gasteiger partial charge on any atom is -0.497 e. The van der Waals surface area contributed by atoms with Gasteiger partial charge in [-0.3, -0.25) is 4.79 Å². The van der Waals surface area contributed by atoms with Crippen molar-refractivity contribution in [1.29, 1.82) is 0 Å². The fourth-order valence-corrected chi connectivity index (χ4v) is 2.49. The van der Waals surface area contributed by atoms with E-state index in [1.807, 2.05) is 18.2 Å². The second-order valence-corrected chi connectivity index (χ2v) is 5.83. The predicted octanol–water partition coefficient (Wildman–Crippen LogP) is 0.369. The molecule has 0 atom stereocenters. The van der Waals surface area contributed by atoms with Gasteiger partial charge in [0.05, 0.1) is 19.7 Å². The number of aromatic nitrogens is 4. The number of hydrogen-bond donors (Lipinski definition) is 1. The molecule has 0 aliphatic heterocycles. The number of tetrazole rings is 1. The topological polar surface area (TPSA) is 100 Å². The van der Waals surface area contributed by atoms with Gasteiger partial charge in [0.1, 0.15) is 24.7 Å². The maximum Gasteiger partial charge on any atom is 0.364 e. The molecule has 2 aromatic rings. The van der Waals surface area contributed by atoms with Crippen molar-refractivity contribution in [3.63, 3.8) is 0 Å². The maximum absolute atomic E-state index is 12.1. The lowest BCUT2D eigenvalue weighted by Gasteiger charge is -2.23. The molecular weight excluding hydrogens is 326 g/mol. The van der Waals surface area contributed by atoms with Crippen LogP contribution in [-0.2, 0) is 11.3 Å². The monoisotopic (exact) mass is 347 g/mol. The molecule has 0 spiro atoms. The standard InChI is InChI=1S/C16H21N5O4/c1-24-13-6-3-7-14(10-13)25-9-8-17-15(22)11-20-16(23)21(19-18-20)12-4-2-5-12/h3,6-7,10,12H,2,4-5,8-9,11H2,1H3,(H,17,22). The van der Waals surface area contributed by atoms with Crippen LogP contribution in [0.2, 0.25) is 0 Å². The Morgan fingerprint density at radius 1 is 1.32 bits per heavy atom. The van der Waals surface area contributed by atoms with Crippen molar-refractivity contribution in [2.45, 2.75) is 31.8 Å². The van der Waals surface area contributed by atoms with Crippen LogP contribution in [0.15, 0.2) is 29.1 Å². The van der Waals surface area contributed by atoms with Gasteiger partial charge in [0.25, 0.3) is 0 Å². The Balaban J connectivity index is 1.42. The van der Waals surface area contributed by atoms with Crippen LogP contribution in [0.4, 0.5) is 0 Å². The minimum absolute atomic E-state index is 0.126. The summed E-state index contributed by atoms with van der Waals surface area (Å²) in [7, 11) is 1.59. The van der Waals surface area contributed by atoms with Gasteiger partial charge in [0.15, 0.2) is 0 Å². The fraction of sp³-hybridized carbons (Fsp3) is 0.500. The predicted molar refractivity (Wildman–Crippen MR) is 88.7 cm³/mol. The highest BCUT2D eigenvalue weighted by atomic mass is 16.5. The molecule has 9 nitrogen and oxygen atoms in total. The molecule has 1 aliphatic rings. The number of carbonyl (C=O) groups is 1. The van der Waals surface area contributed by atoms with Gasteiger partial charge in [0.2, 0.25) is 5.91 Å². The summed E-state index contributed by atoms with van der Waals surface area (Å²) < 4.78 is 13.1. The van der Waals surface area contributed by atoms with E-state index in [1.165, 1.54) is 4.68 Å². The summed E-state index contributed by atoms with van der Waals surface area (Å²) >= 11 is 0. The second-order valence-electron chi connectivity index (χ2n) is 5.83. The summed E-state index contributed by atoms with van der Waals surface area (Å²) in [5.74, 6) is 1.06. The van der Waals surface area contributed by atoms with Crippen molar-refractivity contribution in [1.82, 2.24) is 25.1 Å². The summed E-state index contributed by atoms with van der Waals surface area (Å²) in [6.07, 6.45) is 2.97. The van der Waals surface area contributed by atoms with Crippen molar-refractivity contribution in [2.75, 3.05) is 20.3 Å². The van der Waals surface area contributed by atoms with Crippen LogP contribution in [0.25, 0.3) is 0 Å². The molecule has 0 radical (unpaired) electrons. The van der Waals surface area contributed by atoms with Gasteiger partial charge in [-0.1, -0.05) is 6.07 Å². The number of rotatable bonds is 8. The van der Waals surface area contributed by atoms with Gasteiger partial charge < -0.3 is 14.8 Å². The van der Waals surface area contributed by atoms with Crippen LogP contribution in [-0.4, -0.2) is 46.0 Å². The first-order valence-corrected chi connectivity index (χ1v) is 8.23. The van der Waals surface area contributed by atoms with Gasteiger partial charge in [-0.05, 0) is 41.8 Å². The zero-order valence-electron chi connectivity index (χ0n) is 14.1. The molecule has 0 unspecified atom stereocenters. The van der Waals surface area contributed by atoms with E-state index >= 15 is 0 Å². The quantitative estimate of drug-likeness (QED) is 0.693. The third kappa shape index (κ3) is 4.17. The van der Waals surface area contributed by atoms with E-state index in [2.05, 4.69) is 15.7 Å². The molecule has 1 aromatic carbocycles. The first-order valence-electron chi connectivity index (χ1n) is 8.23. The Bertz CT molecular complexity index is 781. The molecule has 1 saturated carbocycles. The molecule has 0 saturated heterocycles. The van der Waals surface area contributed by atoms with Gasteiger partial charge >= 0.3 is 5.69 Å². The first kappa shape index (κ1) is 17.0. The molecular formula is C16H21N5O4. The Kier molecular flexibility index (Phi) is 5.32. The van der Waals surface area contributed by atoms with E-state index in [0.717, 1.165) is 23.9 Å². The molecule has 9 heteroatoms. The van der Waals surface area contributed by atoms with Gasteiger partial charge in [0, 0.05) is 6.07 Å². The van der Waals surface area contributed by atoms with Crippen LogP contribution in [0.1, 0.15) is 25.3 Å². The summed E-state index contributed by atoms with van der Waals surface area (Å²) in [6.45, 7) is 0.481. The molecule has 1 aliphatic carbocycles. The lowest BCUT2D eigenvalue weighted by molar-refractivity contribution is -0.122. The van der Waals surface area contributed by atoms with Crippen LogP contribution >= 0.6 is 0 Å². The second kappa shape index (κ2) is 7.82. The van der Waals surface area contributed by atoms with Crippen LogP contribution < -0.4 is 20.5 Å². The van der Waals surface area contributed by atoms with E-state index in [0.29, 0.717) is 24.7 Å². The average Bonchev–Trinajstić information content (AvgIpc) is 2.91. The molecule has 134 valence electrons. The van der Waals surface area contributed by atoms with Crippen molar-refractivity contribution < 1.29 is 14.3 Å². The zero-order chi connectivity index (χ0) is 17.6. The Hall–Kier alpha value is -2.84. The highest BCUT2D eigenvalue weighted by molar-refractivity contribution is 5.75. The SMILES string of the molecule is COc1cccc(OCCNC(=O)Cn2nnn(C3CCC3)c2=O)c1. The fourth-order valence-electron chi connectivity index (χ4n) is 2.49. The number of benzene rings is 1. The molecule has 1 heterocycles. The zero-order valence-corrected chi connectivity index (χ0v) is 14.1. The van der Waals surface area contributed by atoms with Crippen molar-refractivity contribution in [3.8, 4) is 11.5 Å². The average molecular weight is 347 g/mol. The van der Waals surface area contributed by atoms with Crippen LogP contribution in [0.5, 0.6) is 11.5 Å². The summed E-state index contributed by atoms with van der Waals surface area (Å²) in [4.78, 5) is 24.0. The van der Waals surface area contributed by atoms with E-state index < -0.39 is 0 Å². The smallest absolute Gasteiger partial charge is 0.364 e. The number of nitrogens with zero attached hydrogens (tertiary/aromatic N) is 4. The molecule has 3 rings (SSSR count). The Morgan fingerprint density at radius 2 is 2.12 bits per heavy atom. The Labute approximate surface area is 144 Å². The Morgan fingerprint density at radius 3 is 2.84 bits per heavy atom. The summed E-state index contributed by atoms with van der Waals surface area (Å²) in [6, 6.07) is 7.34. The molecule has 1 amide bonds. The van der Waals surface area contributed by atoms with Crippen LogP contribution in [0, 0.1) is 0 Å². The minimum atomic E-state index is -0.340. The summed E-state index contributed by atoms with van der Waals surface area (Å²) in [5.41, 5.74) is -0.340. The molecule has 1 aromatic heterocycles. The van der Waals surface area contributed by atoms with E-state index in [1.54, 1.807) is 13.2 Å². The van der Waals surface area contributed by atoms with E-state index in [9.17, 15) is 9.59 Å².